The maximum atomic E-state index is 14.3. The molecule has 2 saturated heterocycles. The first-order valence-electron chi connectivity index (χ1n) is 14.0. The molecule has 0 spiro atoms. The minimum atomic E-state index is -5.76. The summed E-state index contributed by atoms with van der Waals surface area (Å²) in [6, 6.07) is 2.79. The van der Waals surface area contributed by atoms with Crippen LogP contribution < -0.4 is 5.32 Å². The van der Waals surface area contributed by atoms with E-state index in [0.29, 0.717) is 43.8 Å². The van der Waals surface area contributed by atoms with Gasteiger partial charge >= 0.3 is 13.3 Å². The van der Waals surface area contributed by atoms with E-state index in [-0.39, 0.29) is 22.3 Å². The maximum absolute atomic E-state index is 14.3. The monoisotopic (exact) mass is 670 g/mol. The molecule has 2 aliphatic rings. The van der Waals surface area contributed by atoms with E-state index >= 15 is 0 Å². The first kappa shape index (κ1) is 32.6. The molecule has 0 saturated carbocycles. The van der Waals surface area contributed by atoms with Crippen molar-refractivity contribution in [3.05, 3.63) is 51.3 Å². The standard InChI is InChI=1S/C28H33F2N4O7PS2/c1-27(2,3)22(32-23(35)21-14-16-13-17(6-7-20(16)44-21)28(29,30)42(38,39)40)26(37)34-9-4-5-18(34)25(36)33-10-11-41-19(15-33)24-31-8-12-43-24/h6-8,12-14,18-19,22H,4-5,9-11,15H2,1-3H3,(H,32,35)(H2,38,39,40)/t18-,19?,22+/m0/s1. The number of carbonyl (C=O) groups is 3. The van der Waals surface area contributed by atoms with Crippen LogP contribution in [0.3, 0.4) is 0 Å². The van der Waals surface area contributed by atoms with Gasteiger partial charge in [-0.05, 0) is 41.8 Å². The number of nitrogens with zero attached hydrogens (tertiary/aromatic N) is 3. The number of amides is 3. The molecule has 44 heavy (non-hydrogen) atoms. The van der Waals surface area contributed by atoms with Crippen LogP contribution in [0.15, 0.2) is 35.8 Å². The zero-order valence-corrected chi connectivity index (χ0v) is 26.8. The number of thiazole rings is 1. The summed E-state index contributed by atoms with van der Waals surface area (Å²) in [5.74, 6) is -1.17. The first-order chi connectivity index (χ1) is 20.6. The highest BCUT2D eigenvalue weighted by molar-refractivity contribution is 7.52. The molecule has 0 aliphatic carbocycles. The Kier molecular flexibility index (Phi) is 9.02. The number of hydrogen-bond donors (Lipinski definition) is 3. The van der Waals surface area contributed by atoms with Crippen LogP contribution in [-0.4, -0.2) is 80.6 Å². The van der Waals surface area contributed by atoms with Crippen molar-refractivity contribution in [2.75, 3.05) is 26.2 Å². The lowest BCUT2D eigenvalue weighted by atomic mass is 9.85. The number of carbonyl (C=O) groups excluding carboxylic acids is 3. The van der Waals surface area contributed by atoms with Gasteiger partial charge < -0.3 is 29.6 Å². The van der Waals surface area contributed by atoms with Gasteiger partial charge in [-0.25, -0.2) is 4.98 Å². The van der Waals surface area contributed by atoms with Crippen LogP contribution in [-0.2, 0) is 24.6 Å². The van der Waals surface area contributed by atoms with E-state index in [0.717, 1.165) is 28.5 Å². The number of nitrogens with one attached hydrogen (secondary N) is 1. The van der Waals surface area contributed by atoms with E-state index in [2.05, 4.69) is 10.3 Å². The molecule has 3 atom stereocenters. The van der Waals surface area contributed by atoms with Gasteiger partial charge in [-0.15, -0.1) is 22.7 Å². The average molecular weight is 671 g/mol. The van der Waals surface area contributed by atoms with E-state index in [1.807, 2.05) is 5.38 Å². The van der Waals surface area contributed by atoms with Gasteiger partial charge in [0.2, 0.25) is 11.8 Å². The molecular formula is C28H33F2N4O7PS2. The summed E-state index contributed by atoms with van der Waals surface area (Å²) in [5.41, 5.74) is -6.00. The molecule has 1 aromatic carbocycles. The average Bonchev–Trinajstić information content (AvgIpc) is 3.74. The van der Waals surface area contributed by atoms with Crippen molar-refractivity contribution < 1.29 is 42.3 Å². The van der Waals surface area contributed by atoms with Gasteiger partial charge in [0.15, 0.2) is 0 Å². The number of alkyl halides is 2. The number of rotatable bonds is 7. The molecule has 3 N–H and O–H groups in total. The van der Waals surface area contributed by atoms with Crippen LogP contribution in [0.1, 0.15) is 60.0 Å². The quantitative estimate of drug-likeness (QED) is 0.315. The summed E-state index contributed by atoms with van der Waals surface area (Å²) in [4.78, 5) is 66.9. The van der Waals surface area contributed by atoms with Crippen LogP contribution in [0, 0.1) is 5.41 Å². The van der Waals surface area contributed by atoms with Crippen LogP contribution >= 0.6 is 30.3 Å². The normalized spacial score (nSPS) is 20.6. The third-order valence-electron chi connectivity index (χ3n) is 7.77. The first-order valence-corrected chi connectivity index (χ1v) is 17.3. The number of hydrogen-bond acceptors (Lipinski definition) is 8. The summed E-state index contributed by atoms with van der Waals surface area (Å²) in [6.07, 6.45) is 2.47. The fourth-order valence-electron chi connectivity index (χ4n) is 5.42. The van der Waals surface area contributed by atoms with Gasteiger partial charge in [0, 0.05) is 34.9 Å². The summed E-state index contributed by atoms with van der Waals surface area (Å²) < 4.78 is 46.1. The number of fused-ring (bicyclic) bond motifs is 1. The third-order valence-corrected chi connectivity index (χ3v) is 10.7. The Bertz CT molecular complexity index is 1600. The van der Waals surface area contributed by atoms with Gasteiger partial charge in [0.05, 0.1) is 18.0 Å². The Hall–Kier alpha value is -2.81. The third kappa shape index (κ3) is 6.44. The van der Waals surface area contributed by atoms with Crippen molar-refractivity contribution in [3.8, 4) is 0 Å². The lowest BCUT2D eigenvalue weighted by molar-refractivity contribution is -0.150. The Morgan fingerprint density at radius 1 is 1.18 bits per heavy atom. The highest BCUT2D eigenvalue weighted by Crippen LogP contribution is 2.59. The Morgan fingerprint density at radius 2 is 1.93 bits per heavy atom. The van der Waals surface area contributed by atoms with Gasteiger partial charge in [0.1, 0.15) is 23.2 Å². The number of benzene rings is 1. The summed E-state index contributed by atoms with van der Waals surface area (Å²) in [6.45, 7) is 6.83. The largest absolute Gasteiger partial charge is 0.399 e. The summed E-state index contributed by atoms with van der Waals surface area (Å²) in [5, 5.41) is 5.63. The van der Waals surface area contributed by atoms with Gasteiger partial charge in [-0.2, -0.15) is 8.78 Å². The minimum Gasteiger partial charge on any atom is -0.367 e. The number of halogens is 2. The molecule has 0 bridgehead atoms. The summed E-state index contributed by atoms with van der Waals surface area (Å²) in [7, 11) is -5.76. The second kappa shape index (κ2) is 12.2. The number of thiophene rings is 1. The van der Waals surface area contributed by atoms with E-state index in [1.54, 1.807) is 31.9 Å². The van der Waals surface area contributed by atoms with Crippen LogP contribution in [0.4, 0.5) is 8.78 Å². The van der Waals surface area contributed by atoms with E-state index < -0.39 is 48.1 Å². The predicted octanol–water partition coefficient (Wildman–Crippen LogP) is 4.32. The van der Waals surface area contributed by atoms with Crippen molar-refractivity contribution in [2.45, 2.75) is 57.5 Å². The van der Waals surface area contributed by atoms with Crippen molar-refractivity contribution in [1.82, 2.24) is 20.1 Å². The molecule has 11 nitrogen and oxygen atoms in total. The fraction of sp³-hybridized carbons (Fsp3) is 0.500. The molecule has 0 radical (unpaired) electrons. The Morgan fingerprint density at radius 3 is 2.59 bits per heavy atom. The van der Waals surface area contributed by atoms with E-state index in [4.69, 9.17) is 14.5 Å². The van der Waals surface area contributed by atoms with Crippen molar-refractivity contribution in [2.24, 2.45) is 5.41 Å². The van der Waals surface area contributed by atoms with E-state index in [9.17, 15) is 27.7 Å². The minimum absolute atomic E-state index is 0.134. The zero-order chi connectivity index (χ0) is 32.0. The number of morpholine rings is 1. The number of ether oxygens (including phenoxy) is 1. The second-order valence-electron chi connectivity index (χ2n) is 11.9. The number of aromatic nitrogens is 1. The predicted molar refractivity (Wildman–Crippen MR) is 161 cm³/mol. The molecule has 3 amide bonds. The van der Waals surface area contributed by atoms with Gasteiger partial charge in [-0.3, -0.25) is 18.9 Å². The molecule has 1 unspecified atom stereocenters. The highest BCUT2D eigenvalue weighted by atomic mass is 32.1. The van der Waals surface area contributed by atoms with Crippen molar-refractivity contribution in [1.29, 1.82) is 0 Å². The van der Waals surface area contributed by atoms with Crippen molar-refractivity contribution >= 4 is 58.1 Å². The smallest absolute Gasteiger partial charge is 0.367 e. The maximum Gasteiger partial charge on any atom is 0.399 e. The molecular weight excluding hydrogens is 637 g/mol. The lowest BCUT2D eigenvalue weighted by Gasteiger charge is -2.38. The summed E-state index contributed by atoms with van der Waals surface area (Å²) >= 11 is 2.45. The molecule has 2 aromatic heterocycles. The molecule has 16 heteroatoms. The molecule has 4 heterocycles. The number of likely N-dealkylation sites (tertiary alicyclic amines) is 1. The molecule has 2 aliphatic heterocycles. The zero-order valence-electron chi connectivity index (χ0n) is 24.2. The van der Waals surface area contributed by atoms with Crippen LogP contribution in [0.2, 0.25) is 0 Å². The molecule has 2 fully saturated rings. The molecule has 3 aromatic rings. The molecule has 5 rings (SSSR count). The lowest BCUT2D eigenvalue weighted by Crippen LogP contribution is -2.58. The Labute approximate surface area is 260 Å². The fourth-order valence-corrected chi connectivity index (χ4v) is 7.52. The molecule has 238 valence electrons. The SMILES string of the molecule is CC(C)(C)[C@H](NC(=O)c1cc2cc(C(F)(F)P(=O)(O)O)ccc2s1)C(=O)N1CCC[C@H]1C(=O)N1CCOC(c2nccs2)C1. The van der Waals surface area contributed by atoms with Gasteiger partial charge in [-0.1, -0.05) is 26.8 Å². The van der Waals surface area contributed by atoms with Gasteiger partial charge in [0.25, 0.3) is 5.91 Å². The van der Waals surface area contributed by atoms with Crippen LogP contribution in [0.5, 0.6) is 0 Å². The highest BCUT2D eigenvalue weighted by Gasteiger charge is 2.50. The van der Waals surface area contributed by atoms with E-state index in [1.165, 1.54) is 28.4 Å². The Balaban J connectivity index is 1.33. The van der Waals surface area contributed by atoms with Crippen molar-refractivity contribution in [3.63, 3.8) is 0 Å². The second-order valence-corrected chi connectivity index (χ2v) is 15.6. The van der Waals surface area contributed by atoms with Crippen LogP contribution in [0.25, 0.3) is 10.1 Å². The topological polar surface area (TPSA) is 149 Å².